The van der Waals surface area contributed by atoms with Crippen molar-refractivity contribution >= 4 is 22.8 Å². The maximum Gasteiger partial charge on any atom is 0.329 e. The Bertz CT molecular complexity index is 1040. The molecular weight excluding hydrogens is 350 g/mol. The molecule has 1 aromatic carbocycles. The van der Waals surface area contributed by atoms with Gasteiger partial charge in [0, 0.05) is 23.4 Å². The fourth-order valence-corrected chi connectivity index (χ4v) is 3.46. The minimum absolute atomic E-state index is 0.204. The molecule has 0 saturated heterocycles. The van der Waals surface area contributed by atoms with Crippen molar-refractivity contribution in [2.45, 2.75) is 25.9 Å². The SMILES string of the molecule is COC(=O)[C@@H]1Cc2nc[nH]c2CN1C(=O)c1oc2cc(OC)ccc2c1C. The molecule has 2 aromatic heterocycles. The summed E-state index contributed by atoms with van der Waals surface area (Å²) < 4.78 is 16.0. The second kappa shape index (κ2) is 6.46. The van der Waals surface area contributed by atoms with Gasteiger partial charge in [-0.15, -0.1) is 0 Å². The zero-order valence-electron chi connectivity index (χ0n) is 15.2. The van der Waals surface area contributed by atoms with E-state index in [2.05, 4.69) is 9.97 Å². The van der Waals surface area contributed by atoms with Crippen molar-refractivity contribution in [3.63, 3.8) is 0 Å². The maximum atomic E-state index is 13.3. The number of carbonyl (C=O) groups excluding carboxylic acids is 2. The molecule has 0 aliphatic carbocycles. The monoisotopic (exact) mass is 369 g/mol. The highest BCUT2D eigenvalue weighted by Gasteiger charge is 2.38. The van der Waals surface area contributed by atoms with Gasteiger partial charge in [0.25, 0.3) is 5.91 Å². The third-order valence-corrected chi connectivity index (χ3v) is 4.97. The third-order valence-electron chi connectivity index (χ3n) is 4.97. The van der Waals surface area contributed by atoms with Gasteiger partial charge in [-0.3, -0.25) is 4.79 Å². The first-order valence-corrected chi connectivity index (χ1v) is 8.50. The summed E-state index contributed by atoms with van der Waals surface area (Å²) in [4.78, 5) is 34.3. The van der Waals surface area contributed by atoms with Gasteiger partial charge in [-0.1, -0.05) is 0 Å². The Labute approximate surface area is 155 Å². The molecule has 1 aliphatic heterocycles. The molecule has 1 N–H and O–H groups in total. The lowest BCUT2D eigenvalue weighted by Gasteiger charge is -2.32. The Hall–Kier alpha value is -3.29. The first-order chi connectivity index (χ1) is 13.0. The minimum atomic E-state index is -0.750. The zero-order valence-corrected chi connectivity index (χ0v) is 15.2. The molecule has 8 heteroatoms. The van der Waals surface area contributed by atoms with E-state index >= 15 is 0 Å². The predicted octanol–water partition coefficient (Wildman–Crippen LogP) is 2.21. The fraction of sp³-hybridized carbons (Fsp3) is 0.316. The average Bonchev–Trinajstić information content (AvgIpc) is 3.29. The highest BCUT2D eigenvalue weighted by Crippen LogP contribution is 2.31. The van der Waals surface area contributed by atoms with E-state index in [4.69, 9.17) is 13.9 Å². The quantitative estimate of drug-likeness (QED) is 0.711. The van der Waals surface area contributed by atoms with Gasteiger partial charge in [0.2, 0.25) is 0 Å². The number of amides is 1. The number of nitrogens with one attached hydrogen (secondary N) is 1. The van der Waals surface area contributed by atoms with E-state index in [1.807, 2.05) is 19.1 Å². The number of aryl methyl sites for hydroxylation is 1. The molecular formula is C19H19N3O5. The van der Waals surface area contributed by atoms with Crippen LogP contribution in [0.4, 0.5) is 0 Å². The summed E-state index contributed by atoms with van der Waals surface area (Å²) in [6.45, 7) is 2.05. The van der Waals surface area contributed by atoms with E-state index < -0.39 is 12.0 Å². The maximum absolute atomic E-state index is 13.3. The molecule has 0 spiro atoms. The number of H-pyrrole nitrogens is 1. The second-order valence-corrected chi connectivity index (χ2v) is 6.42. The normalized spacial score (nSPS) is 16.3. The number of imidazole rings is 1. The number of hydrogen-bond donors (Lipinski definition) is 1. The van der Waals surface area contributed by atoms with Gasteiger partial charge in [0.15, 0.2) is 5.76 Å². The third kappa shape index (κ3) is 2.73. The number of benzene rings is 1. The summed E-state index contributed by atoms with van der Waals surface area (Å²) in [6.07, 6.45) is 1.86. The van der Waals surface area contributed by atoms with Gasteiger partial charge in [-0.2, -0.15) is 0 Å². The van der Waals surface area contributed by atoms with Crippen molar-refractivity contribution in [1.82, 2.24) is 14.9 Å². The molecule has 0 saturated carbocycles. The summed E-state index contributed by atoms with van der Waals surface area (Å²) in [5.41, 5.74) is 2.85. The summed E-state index contributed by atoms with van der Waals surface area (Å²) in [6, 6.07) is 4.65. The van der Waals surface area contributed by atoms with Crippen LogP contribution in [0.25, 0.3) is 11.0 Å². The highest BCUT2D eigenvalue weighted by atomic mass is 16.5. The van der Waals surface area contributed by atoms with Crippen molar-refractivity contribution < 1.29 is 23.5 Å². The van der Waals surface area contributed by atoms with Gasteiger partial charge in [0.05, 0.1) is 38.5 Å². The molecule has 0 unspecified atom stereocenters. The molecule has 4 rings (SSSR count). The lowest BCUT2D eigenvalue weighted by Crippen LogP contribution is -2.49. The highest BCUT2D eigenvalue weighted by molar-refractivity contribution is 6.00. The summed E-state index contributed by atoms with van der Waals surface area (Å²) in [7, 11) is 2.88. The van der Waals surface area contributed by atoms with Crippen LogP contribution in [0.2, 0.25) is 0 Å². The van der Waals surface area contributed by atoms with E-state index in [1.165, 1.54) is 12.0 Å². The molecule has 8 nitrogen and oxygen atoms in total. The lowest BCUT2D eigenvalue weighted by atomic mass is 10.0. The number of esters is 1. The first kappa shape index (κ1) is 17.1. The molecule has 0 radical (unpaired) electrons. The molecule has 3 heterocycles. The van der Waals surface area contributed by atoms with Crippen LogP contribution >= 0.6 is 0 Å². The van der Waals surface area contributed by atoms with Crippen molar-refractivity contribution in [3.8, 4) is 5.75 Å². The predicted molar refractivity (Wildman–Crippen MR) is 95.5 cm³/mol. The molecule has 1 atom stereocenters. The number of methoxy groups -OCH3 is 2. The second-order valence-electron chi connectivity index (χ2n) is 6.42. The number of rotatable bonds is 3. The Kier molecular flexibility index (Phi) is 4.10. The van der Waals surface area contributed by atoms with E-state index in [0.29, 0.717) is 17.8 Å². The van der Waals surface area contributed by atoms with Crippen molar-refractivity contribution in [2.24, 2.45) is 0 Å². The minimum Gasteiger partial charge on any atom is -0.497 e. The average molecular weight is 369 g/mol. The van der Waals surface area contributed by atoms with Crippen LogP contribution in [-0.4, -0.2) is 47.0 Å². The number of aromatic nitrogens is 2. The van der Waals surface area contributed by atoms with Crippen molar-refractivity contribution in [2.75, 3.05) is 14.2 Å². The molecule has 0 bridgehead atoms. The van der Waals surface area contributed by atoms with Gasteiger partial charge in [-0.05, 0) is 19.1 Å². The Morgan fingerprint density at radius 2 is 2.15 bits per heavy atom. The number of carbonyl (C=O) groups is 2. The summed E-state index contributed by atoms with van der Waals surface area (Å²) in [5, 5.41) is 0.827. The molecule has 27 heavy (non-hydrogen) atoms. The summed E-state index contributed by atoms with van der Waals surface area (Å²) >= 11 is 0. The Balaban J connectivity index is 1.75. The first-order valence-electron chi connectivity index (χ1n) is 8.50. The molecule has 140 valence electrons. The number of nitrogens with zero attached hydrogens (tertiary/aromatic N) is 2. The largest absolute Gasteiger partial charge is 0.497 e. The number of furan rings is 1. The van der Waals surface area contributed by atoms with Crippen LogP contribution in [0, 0.1) is 6.92 Å². The van der Waals surface area contributed by atoms with Crippen LogP contribution in [0.15, 0.2) is 28.9 Å². The Morgan fingerprint density at radius 1 is 1.33 bits per heavy atom. The topological polar surface area (TPSA) is 97.7 Å². The summed E-state index contributed by atoms with van der Waals surface area (Å²) in [5.74, 6) is 0.00336. The molecule has 1 amide bonds. The lowest BCUT2D eigenvalue weighted by molar-refractivity contribution is -0.146. The number of aromatic amines is 1. The number of hydrogen-bond acceptors (Lipinski definition) is 6. The van der Waals surface area contributed by atoms with Gasteiger partial charge in [0.1, 0.15) is 17.4 Å². The van der Waals surface area contributed by atoms with Crippen LogP contribution in [-0.2, 0) is 22.5 Å². The van der Waals surface area contributed by atoms with Gasteiger partial charge in [-0.25, -0.2) is 9.78 Å². The van der Waals surface area contributed by atoms with Gasteiger partial charge >= 0.3 is 5.97 Å². The number of fused-ring (bicyclic) bond motifs is 2. The van der Waals surface area contributed by atoms with E-state index in [9.17, 15) is 9.59 Å². The molecule has 0 fully saturated rings. The fourth-order valence-electron chi connectivity index (χ4n) is 3.46. The smallest absolute Gasteiger partial charge is 0.329 e. The van der Waals surface area contributed by atoms with Crippen LogP contribution in [0.1, 0.15) is 27.5 Å². The molecule has 3 aromatic rings. The van der Waals surface area contributed by atoms with Gasteiger partial charge < -0.3 is 23.8 Å². The van der Waals surface area contributed by atoms with E-state index in [-0.39, 0.29) is 18.2 Å². The van der Waals surface area contributed by atoms with Crippen molar-refractivity contribution in [3.05, 3.63) is 47.2 Å². The van der Waals surface area contributed by atoms with Crippen LogP contribution in [0.3, 0.4) is 0 Å². The van der Waals surface area contributed by atoms with Crippen LogP contribution in [0.5, 0.6) is 5.75 Å². The zero-order chi connectivity index (χ0) is 19.1. The Morgan fingerprint density at radius 3 is 2.89 bits per heavy atom. The van der Waals surface area contributed by atoms with Crippen molar-refractivity contribution in [1.29, 1.82) is 0 Å². The number of ether oxygens (including phenoxy) is 2. The van der Waals surface area contributed by atoms with Crippen LogP contribution < -0.4 is 4.74 Å². The standard InChI is InChI=1S/C19H19N3O5/c1-10-12-5-4-11(25-2)6-16(12)27-17(10)18(23)22-8-14-13(20-9-21-14)7-15(22)19(24)26-3/h4-6,9,15H,7-8H2,1-3H3,(H,20,21)/t15-/m0/s1. The molecule has 1 aliphatic rings. The van der Waals surface area contributed by atoms with E-state index in [1.54, 1.807) is 19.5 Å². The van der Waals surface area contributed by atoms with E-state index in [0.717, 1.165) is 22.3 Å².